The largest absolute Gasteiger partial charge is 0.354 e. The van der Waals surface area contributed by atoms with Crippen molar-refractivity contribution in [3.63, 3.8) is 0 Å². The van der Waals surface area contributed by atoms with Crippen molar-refractivity contribution in [1.29, 1.82) is 0 Å². The van der Waals surface area contributed by atoms with Crippen molar-refractivity contribution in [2.75, 3.05) is 83.9 Å². The van der Waals surface area contributed by atoms with Gasteiger partial charge in [0.2, 0.25) is 20.0 Å². The summed E-state index contributed by atoms with van der Waals surface area (Å²) in [5.41, 5.74) is 0.791. The van der Waals surface area contributed by atoms with Crippen LogP contribution in [-0.4, -0.2) is 131 Å². The first-order valence-electron chi connectivity index (χ1n) is 14.4. The van der Waals surface area contributed by atoms with Gasteiger partial charge in [0.15, 0.2) is 0 Å². The van der Waals surface area contributed by atoms with E-state index in [0.717, 1.165) is 29.7 Å². The average Bonchev–Trinajstić information content (AvgIpc) is 3.44. The van der Waals surface area contributed by atoms with Gasteiger partial charge in [-0.3, -0.25) is 0 Å². The molecule has 0 aromatic carbocycles. The van der Waals surface area contributed by atoms with Gasteiger partial charge in [0.1, 0.15) is 17.8 Å². The van der Waals surface area contributed by atoms with Gasteiger partial charge in [0, 0.05) is 64.6 Å². The highest BCUT2D eigenvalue weighted by Gasteiger charge is 2.35. The second kappa shape index (κ2) is 15.0. The van der Waals surface area contributed by atoms with Crippen LogP contribution in [0.15, 0.2) is 18.6 Å². The first-order chi connectivity index (χ1) is 19.4. The number of anilines is 1. The Kier molecular flexibility index (Phi) is 12.3. The topological polar surface area (TPSA) is 156 Å². The van der Waals surface area contributed by atoms with E-state index in [4.69, 9.17) is 0 Å². The van der Waals surface area contributed by atoms with Crippen LogP contribution in [0.5, 0.6) is 0 Å². The molecule has 2 aromatic heterocycles. The molecule has 2 fully saturated rings. The van der Waals surface area contributed by atoms with Crippen molar-refractivity contribution in [3.8, 4) is 0 Å². The van der Waals surface area contributed by atoms with E-state index in [2.05, 4.69) is 49.6 Å². The molecular weight excluding hydrogens is 566 g/mol. The molecule has 4 N–H and O–H groups in total. The number of aromatic amines is 1. The van der Waals surface area contributed by atoms with Gasteiger partial charge in [0.25, 0.3) is 0 Å². The van der Waals surface area contributed by atoms with Gasteiger partial charge in [-0.2, -0.15) is 4.31 Å². The first kappa shape index (κ1) is 33.6. The Hall–Kier alpha value is -1.88. The zero-order valence-electron chi connectivity index (χ0n) is 25.3. The number of nitrogens with zero attached hydrogens (tertiary/aromatic N) is 5. The van der Waals surface area contributed by atoms with Crippen LogP contribution in [0.1, 0.15) is 26.7 Å². The summed E-state index contributed by atoms with van der Waals surface area (Å²) in [6.45, 7) is 7.64. The number of nitrogens with one attached hydrogen (secondary N) is 4. The third-order valence-corrected chi connectivity index (χ3v) is 12.0. The summed E-state index contributed by atoms with van der Waals surface area (Å²) in [5.74, 6) is 2.07. The van der Waals surface area contributed by atoms with Gasteiger partial charge in [-0.05, 0) is 51.9 Å². The molecule has 0 amide bonds. The Morgan fingerprint density at radius 2 is 1.51 bits per heavy atom. The number of aromatic nitrogens is 3. The van der Waals surface area contributed by atoms with Gasteiger partial charge < -0.3 is 25.8 Å². The van der Waals surface area contributed by atoms with E-state index < -0.39 is 20.0 Å². The van der Waals surface area contributed by atoms with Crippen LogP contribution < -0.4 is 20.9 Å². The molecule has 0 radical (unpaired) electrons. The molecule has 15 heteroatoms. The van der Waals surface area contributed by atoms with Crippen LogP contribution in [-0.2, 0) is 20.0 Å². The van der Waals surface area contributed by atoms with Gasteiger partial charge >= 0.3 is 0 Å². The van der Waals surface area contributed by atoms with Crippen LogP contribution in [0.3, 0.4) is 0 Å². The molecule has 4 heterocycles. The monoisotopic (exact) mass is 615 g/mol. The van der Waals surface area contributed by atoms with Crippen molar-refractivity contribution in [2.24, 2.45) is 11.8 Å². The summed E-state index contributed by atoms with van der Waals surface area (Å²) in [6, 6.07) is 2.31. The summed E-state index contributed by atoms with van der Waals surface area (Å²) in [4.78, 5) is 13.9. The number of piperidine rings is 2. The maximum atomic E-state index is 12.6. The molecule has 0 spiro atoms. The Morgan fingerprint density at radius 1 is 0.927 bits per heavy atom. The quantitative estimate of drug-likeness (QED) is 0.274. The van der Waals surface area contributed by atoms with Gasteiger partial charge in [-0.15, -0.1) is 0 Å². The zero-order valence-corrected chi connectivity index (χ0v) is 26.9. The predicted molar refractivity (Wildman–Crippen MR) is 165 cm³/mol. The van der Waals surface area contributed by atoms with E-state index in [9.17, 15) is 16.8 Å². The lowest BCUT2D eigenvalue weighted by molar-refractivity contribution is 0.229. The van der Waals surface area contributed by atoms with Crippen LogP contribution in [0, 0.1) is 11.8 Å². The highest BCUT2D eigenvalue weighted by molar-refractivity contribution is 7.89. The second-order valence-electron chi connectivity index (χ2n) is 11.1. The number of rotatable bonds is 11. The Bertz CT molecular complexity index is 1310. The van der Waals surface area contributed by atoms with E-state index >= 15 is 0 Å². The standard InChI is InChI=1S/C16H26N6O2S.C10H23N3O2S/c1-12-5-8-22(25(23,24)9-7-17-2)10-14(12)21(3)16-13-4-6-18-15(13)19-11-20-16;1-9-4-6-13(8-10(9)12-3)16(14,15)7-5-11-2/h4,6,11-12,14,17H,5,7-10H2,1-3H3,(H,18,19,20);9-12H,4-8H2,1-3H3. The molecule has 234 valence electrons. The predicted octanol–water partition coefficient (Wildman–Crippen LogP) is 0.119. The third-order valence-electron chi connectivity index (χ3n) is 8.34. The van der Waals surface area contributed by atoms with Crippen molar-refractivity contribution >= 4 is 36.9 Å². The average molecular weight is 616 g/mol. The summed E-state index contributed by atoms with van der Waals surface area (Å²) in [6.07, 6.45) is 5.16. The SMILES string of the molecule is CNCCS(=O)(=O)N1CCC(C)C(N(C)c2ncnc3[nH]ccc23)C1.CNCCS(=O)(=O)N1CCC(C)C(NC)C1. The van der Waals surface area contributed by atoms with E-state index in [1.54, 1.807) is 29.0 Å². The van der Waals surface area contributed by atoms with E-state index in [-0.39, 0.29) is 23.6 Å². The minimum absolute atomic E-state index is 0.0751. The van der Waals surface area contributed by atoms with E-state index in [0.29, 0.717) is 51.1 Å². The minimum Gasteiger partial charge on any atom is -0.354 e. The van der Waals surface area contributed by atoms with Gasteiger partial charge in [-0.25, -0.2) is 31.1 Å². The lowest BCUT2D eigenvalue weighted by atomic mass is 9.93. The van der Waals surface area contributed by atoms with Crippen LogP contribution in [0.25, 0.3) is 11.0 Å². The molecule has 4 unspecified atom stereocenters. The molecule has 0 bridgehead atoms. The van der Waals surface area contributed by atoms with Gasteiger partial charge in [-0.1, -0.05) is 13.8 Å². The summed E-state index contributed by atoms with van der Waals surface area (Å²) in [7, 11) is 1.09. The molecule has 13 nitrogen and oxygen atoms in total. The van der Waals surface area contributed by atoms with Crippen LogP contribution in [0.4, 0.5) is 5.82 Å². The minimum atomic E-state index is -3.24. The molecule has 2 aliphatic rings. The highest BCUT2D eigenvalue weighted by atomic mass is 32.2. The molecule has 41 heavy (non-hydrogen) atoms. The zero-order chi connectivity index (χ0) is 30.2. The lowest BCUT2D eigenvalue weighted by Gasteiger charge is -2.41. The number of sulfonamides is 2. The molecule has 0 saturated carbocycles. The fourth-order valence-electron chi connectivity index (χ4n) is 5.46. The number of likely N-dealkylation sites (N-methyl/N-ethyl adjacent to an activating group) is 2. The summed E-state index contributed by atoms with van der Waals surface area (Å²) in [5, 5.41) is 9.93. The first-order valence-corrected chi connectivity index (χ1v) is 17.6. The molecule has 4 atom stereocenters. The molecule has 2 aliphatic heterocycles. The molecular formula is C26H49N9O4S2. The molecule has 4 rings (SSSR count). The smallest absolute Gasteiger partial charge is 0.215 e. The van der Waals surface area contributed by atoms with Crippen molar-refractivity contribution in [2.45, 2.75) is 38.8 Å². The normalized spacial score (nSPS) is 24.6. The maximum Gasteiger partial charge on any atom is 0.215 e. The fourth-order valence-corrected chi connectivity index (χ4v) is 8.44. The van der Waals surface area contributed by atoms with E-state index in [1.165, 1.54) is 0 Å². The molecule has 0 aliphatic carbocycles. The number of hydrogen-bond donors (Lipinski definition) is 4. The summed E-state index contributed by atoms with van der Waals surface area (Å²) >= 11 is 0. The lowest BCUT2D eigenvalue weighted by Crippen LogP contribution is -2.53. The number of fused-ring (bicyclic) bond motifs is 1. The van der Waals surface area contributed by atoms with E-state index in [1.807, 2.05) is 26.4 Å². The fraction of sp³-hybridized carbons (Fsp3) is 0.769. The summed E-state index contributed by atoms with van der Waals surface area (Å²) < 4.78 is 52.3. The van der Waals surface area contributed by atoms with Crippen molar-refractivity contribution in [1.82, 2.24) is 39.5 Å². The highest BCUT2D eigenvalue weighted by Crippen LogP contribution is 2.29. The van der Waals surface area contributed by atoms with Crippen molar-refractivity contribution in [3.05, 3.63) is 18.6 Å². The number of H-pyrrole nitrogens is 1. The Labute approximate surface area is 246 Å². The third kappa shape index (κ3) is 8.58. The Morgan fingerprint density at radius 3 is 2.10 bits per heavy atom. The Balaban J connectivity index is 0.000000250. The van der Waals surface area contributed by atoms with Crippen LogP contribution >= 0.6 is 0 Å². The number of hydrogen-bond acceptors (Lipinski definition) is 10. The second-order valence-corrected chi connectivity index (χ2v) is 15.3. The molecule has 2 saturated heterocycles. The molecule has 2 aromatic rings. The van der Waals surface area contributed by atoms with Crippen molar-refractivity contribution < 1.29 is 16.8 Å². The maximum absolute atomic E-state index is 12.6. The van der Waals surface area contributed by atoms with Gasteiger partial charge in [0.05, 0.1) is 16.9 Å². The van der Waals surface area contributed by atoms with Crippen LogP contribution in [0.2, 0.25) is 0 Å².